The topological polar surface area (TPSA) is 114 Å². The lowest BCUT2D eigenvalue weighted by atomic mass is 10.00. The van der Waals surface area contributed by atoms with Crippen LogP contribution in [0.2, 0.25) is 0 Å². The molecule has 19 heavy (non-hydrogen) atoms. The second kappa shape index (κ2) is 10.3. The molecule has 1 heterocycles. The quantitative estimate of drug-likeness (QED) is 0.284. The molecule has 7 heteroatoms. The number of aliphatic carboxylic acids is 1. The van der Waals surface area contributed by atoms with E-state index in [0.717, 1.165) is 6.42 Å². The Hall–Kier alpha value is -1.60. The van der Waals surface area contributed by atoms with Crippen molar-refractivity contribution in [2.24, 2.45) is 22.7 Å². The fourth-order valence-electron chi connectivity index (χ4n) is 1.40. The molecule has 6 nitrogen and oxygen atoms in total. The molecule has 0 spiro atoms. The van der Waals surface area contributed by atoms with E-state index in [1.807, 2.05) is 6.92 Å². The molecule has 0 aliphatic heterocycles. The number of carbonyl (C=O) groups is 1. The predicted molar refractivity (Wildman–Crippen MR) is 78.7 cm³/mol. The number of rotatable bonds is 5. The van der Waals surface area contributed by atoms with Crippen LogP contribution in [0.15, 0.2) is 22.6 Å². The lowest BCUT2D eigenvalue weighted by Gasteiger charge is -2.11. The molecular formula is C12H22N4O2S. The number of carboxylic acids is 1. The minimum absolute atomic E-state index is 0.246. The normalized spacial score (nSPS) is 12.3. The van der Waals surface area contributed by atoms with E-state index in [-0.39, 0.29) is 6.42 Å². The summed E-state index contributed by atoms with van der Waals surface area (Å²) in [5.41, 5.74) is 2.26. The van der Waals surface area contributed by atoms with Crippen molar-refractivity contribution < 1.29 is 9.90 Å². The van der Waals surface area contributed by atoms with Gasteiger partial charge in [-0.25, -0.2) is 5.84 Å². The van der Waals surface area contributed by atoms with E-state index in [1.165, 1.54) is 4.88 Å². The first kappa shape index (κ1) is 17.4. The minimum Gasteiger partial charge on any atom is -0.481 e. The van der Waals surface area contributed by atoms with Gasteiger partial charge in [0, 0.05) is 11.3 Å². The molecule has 1 unspecified atom stereocenters. The van der Waals surface area contributed by atoms with E-state index in [4.69, 9.17) is 16.8 Å². The molecule has 1 rings (SSSR count). The van der Waals surface area contributed by atoms with Gasteiger partial charge >= 0.3 is 5.97 Å². The van der Waals surface area contributed by atoms with Crippen molar-refractivity contribution in [1.82, 2.24) is 5.43 Å². The van der Waals surface area contributed by atoms with E-state index in [0.29, 0.717) is 12.3 Å². The summed E-state index contributed by atoms with van der Waals surface area (Å²) in [6.07, 6.45) is 1.64. The molecule has 0 bridgehead atoms. The number of thiophene rings is 1. The first-order valence-corrected chi connectivity index (χ1v) is 6.89. The van der Waals surface area contributed by atoms with Gasteiger partial charge in [0.15, 0.2) is 0 Å². The van der Waals surface area contributed by atoms with Crippen LogP contribution >= 0.6 is 11.3 Å². The second-order valence-electron chi connectivity index (χ2n) is 3.97. The Kier molecular flexibility index (Phi) is 9.46. The Bertz CT molecular complexity index is 379. The van der Waals surface area contributed by atoms with E-state index in [9.17, 15) is 4.79 Å². The largest absolute Gasteiger partial charge is 0.481 e. The number of nitrogens with one attached hydrogen (secondary N) is 1. The summed E-state index contributed by atoms with van der Waals surface area (Å²) in [6, 6.07) is 4.16. The Morgan fingerprint density at radius 2 is 2.32 bits per heavy atom. The van der Waals surface area contributed by atoms with Gasteiger partial charge in [-0.3, -0.25) is 4.79 Å². The monoisotopic (exact) mass is 286 g/mol. The Balaban J connectivity index is 0.000000443. The van der Waals surface area contributed by atoms with Gasteiger partial charge in [0.05, 0.1) is 5.92 Å². The Morgan fingerprint density at radius 3 is 2.58 bits per heavy atom. The average Bonchev–Trinajstić information content (AvgIpc) is 2.86. The smallest absolute Gasteiger partial charge is 0.306 e. The molecular weight excluding hydrogens is 264 g/mol. The molecule has 0 aliphatic rings. The molecule has 108 valence electrons. The molecule has 1 aromatic heterocycles. The molecule has 0 saturated carbocycles. The van der Waals surface area contributed by atoms with Gasteiger partial charge in [0.2, 0.25) is 0 Å². The van der Waals surface area contributed by atoms with Crippen LogP contribution in [0.1, 0.15) is 31.1 Å². The van der Waals surface area contributed by atoms with Gasteiger partial charge in [-0.15, -0.1) is 11.3 Å². The standard InChI is InChI=1S/C7H16N4O2.C5H6S/c1-2-3-5(7(12)13)4-6(10-8)11-9;1-5-3-2-4-6-5/h5H,2-4,8-9H2,1H3,(H,10,11)(H,12,13);2-4H,1H3. The van der Waals surface area contributed by atoms with Crippen LogP contribution in [0.3, 0.4) is 0 Å². The first-order valence-electron chi connectivity index (χ1n) is 6.01. The van der Waals surface area contributed by atoms with E-state index >= 15 is 0 Å². The molecule has 6 N–H and O–H groups in total. The van der Waals surface area contributed by atoms with Gasteiger partial charge in [0.1, 0.15) is 5.84 Å². The molecule has 0 aliphatic carbocycles. The zero-order valence-corrected chi connectivity index (χ0v) is 12.1. The Labute approximate surface area is 117 Å². The highest BCUT2D eigenvalue weighted by Gasteiger charge is 2.18. The van der Waals surface area contributed by atoms with Crippen LogP contribution in [0, 0.1) is 12.8 Å². The van der Waals surface area contributed by atoms with Crippen LogP contribution in [-0.4, -0.2) is 16.9 Å². The summed E-state index contributed by atoms with van der Waals surface area (Å²) in [5.74, 6) is 9.04. The van der Waals surface area contributed by atoms with Crippen molar-refractivity contribution in [2.45, 2.75) is 33.1 Å². The van der Waals surface area contributed by atoms with Gasteiger partial charge in [0.25, 0.3) is 0 Å². The number of carboxylic acid groups (broad SMARTS) is 1. The molecule has 0 aromatic carbocycles. The third-order valence-electron chi connectivity index (χ3n) is 2.41. The van der Waals surface area contributed by atoms with Gasteiger partial charge in [-0.2, -0.15) is 5.10 Å². The highest BCUT2D eigenvalue weighted by atomic mass is 32.1. The number of hydrazone groups is 1. The molecule has 0 amide bonds. The van der Waals surface area contributed by atoms with Crippen molar-refractivity contribution in [1.29, 1.82) is 0 Å². The summed E-state index contributed by atoms with van der Waals surface area (Å²) in [7, 11) is 0. The summed E-state index contributed by atoms with van der Waals surface area (Å²) < 4.78 is 0. The first-order chi connectivity index (χ1) is 9.04. The lowest BCUT2D eigenvalue weighted by Crippen LogP contribution is -2.34. The fourth-order valence-corrected chi connectivity index (χ4v) is 1.93. The number of hydrazine groups is 1. The molecule has 1 atom stereocenters. The summed E-state index contributed by atoms with van der Waals surface area (Å²) in [4.78, 5) is 12.1. The van der Waals surface area contributed by atoms with Crippen molar-refractivity contribution in [3.8, 4) is 0 Å². The van der Waals surface area contributed by atoms with E-state index in [1.54, 1.807) is 11.3 Å². The number of nitrogens with zero attached hydrogens (tertiary/aromatic N) is 1. The fraction of sp³-hybridized carbons (Fsp3) is 0.500. The lowest BCUT2D eigenvalue weighted by molar-refractivity contribution is -0.141. The van der Waals surface area contributed by atoms with Crippen LogP contribution < -0.4 is 17.1 Å². The van der Waals surface area contributed by atoms with Crippen molar-refractivity contribution in [3.63, 3.8) is 0 Å². The van der Waals surface area contributed by atoms with Crippen LogP contribution in [-0.2, 0) is 4.79 Å². The zero-order valence-electron chi connectivity index (χ0n) is 11.3. The molecule has 1 aromatic rings. The van der Waals surface area contributed by atoms with Gasteiger partial charge in [-0.1, -0.05) is 19.4 Å². The zero-order chi connectivity index (χ0) is 14.7. The maximum atomic E-state index is 10.7. The Morgan fingerprint density at radius 1 is 1.63 bits per heavy atom. The van der Waals surface area contributed by atoms with Crippen molar-refractivity contribution in [3.05, 3.63) is 22.4 Å². The minimum atomic E-state index is -0.849. The summed E-state index contributed by atoms with van der Waals surface area (Å²) >= 11 is 1.78. The number of hydrogen-bond acceptors (Lipinski definition) is 5. The van der Waals surface area contributed by atoms with Crippen LogP contribution in [0.4, 0.5) is 0 Å². The predicted octanol–water partition coefficient (Wildman–Crippen LogP) is 1.67. The van der Waals surface area contributed by atoms with Gasteiger partial charge in [-0.05, 0) is 24.8 Å². The van der Waals surface area contributed by atoms with Crippen molar-refractivity contribution >= 4 is 23.1 Å². The third-order valence-corrected chi connectivity index (χ3v) is 3.21. The molecule has 0 radical (unpaired) electrons. The SMILES string of the molecule is CCCC(C/C(=N/N)NN)C(=O)O.Cc1cccs1. The average molecular weight is 286 g/mol. The van der Waals surface area contributed by atoms with E-state index in [2.05, 4.69) is 35.0 Å². The number of hydrogen-bond donors (Lipinski definition) is 4. The second-order valence-corrected chi connectivity index (χ2v) is 5.12. The summed E-state index contributed by atoms with van der Waals surface area (Å²) in [6.45, 7) is 4.02. The number of aryl methyl sites for hydroxylation is 1. The van der Waals surface area contributed by atoms with Crippen molar-refractivity contribution in [2.75, 3.05) is 0 Å². The molecule has 0 fully saturated rings. The number of nitrogens with two attached hydrogens (primary N) is 2. The highest BCUT2D eigenvalue weighted by Crippen LogP contribution is 2.11. The maximum Gasteiger partial charge on any atom is 0.306 e. The maximum absolute atomic E-state index is 10.7. The number of amidine groups is 1. The summed E-state index contributed by atoms with van der Waals surface area (Å²) in [5, 5.41) is 14.2. The van der Waals surface area contributed by atoms with Crippen LogP contribution in [0.25, 0.3) is 0 Å². The third kappa shape index (κ3) is 8.17. The van der Waals surface area contributed by atoms with Gasteiger partial charge < -0.3 is 16.4 Å². The highest BCUT2D eigenvalue weighted by molar-refractivity contribution is 7.09. The molecule has 0 saturated heterocycles. The van der Waals surface area contributed by atoms with Crippen LogP contribution in [0.5, 0.6) is 0 Å². The van der Waals surface area contributed by atoms with E-state index < -0.39 is 11.9 Å².